The highest BCUT2D eigenvalue weighted by Crippen LogP contribution is 2.29. The summed E-state index contributed by atoms with van der Waals surface area (Å²) in [7, 11) is -3.52. The number of rotatable bonds is 6. The third-order valence-corrected chi connectivity index (χ3v) is 8.24. The maximum atomic E-state index is 13.5. The first-order valence-corrected chi connectivity index (χ1v) is 12.7. The number of halogens is 1. The van der Waals surface area contributed by atoms with Crippen LogP contribution in [-0.4, -0.2) is 50.3 Å². The summed E-state index contributed by atoms with van der Waals surface area (Å²) in [5.41, 5.74) is 1.63. The first-order valence-electron chi connectivity index (χ1n) is 11.3. The Morgan fingerprint density at radius 3 is 2.56 bits per heavy atom. The van der Waals surface area contributed by atoms with Gasteiger partial charge in [0.05, 0.1) is 17.0 Å². The molecule has 2 aromatic carbocycles. The highest BCUT2D eigenvalue weighted by molar-refractivity contribution is 7.89. The molecule has 8 heteroatoms. The molecule has 0 aliphatic carbocycles. The van der Waals surface area contributed by atoms with Crippen LogP contribution in [0.5, 0.6) is 0 Å². The Hall–Kier alpha value is -2.29. The summed E-state index contributed by atoms with van der Waals surface area (Å²) in [6.45, 7) is 4.86. The monoisotopic (exact) mass is 458 g/mol. The fraction of sp³-hybridized carbons (Fsp3) is 0.458. The summed E-state index contributed by atoms with van der Waals surface area (Å²) in [6, 6.07) is 13.8. The smallest absolute Gasteiger partial charge is 0.243 e. The van der Waals surface area contributed by atoms with Crippen LogP contribution in [0.15, 0.2) is 58.4 Å². The highest BCUT2D eigenvalue weighted by Gasteiger charge is 2.43. The molecule has 32 heavy (non-hydrogen) atoms. The number of hydrogen-bond acceptors (Lipinski definition) is 5. The normalized spacial score (nSPS) is 19.0. The molecule has 1 saturated heterocycles. The van der Waals surface area contributed by atoms with E-state index in [2.05, 4.69) is 17.6 Å². The molecule has 2 aliphatic rings. The van der Waals surface area contributed by atoms with Crippen molar-refractivity contribution in [2.24, 2.45) is 4.99 Å². The average molecular weight is 459 g/mol. The molecule has 172 valence electrons. The van der Waals surface area contributed by atoms with Gasteiger partial charge in [0.25, 0.3) is 0 Å². The molecule has 0 bridgehead atoms. The van der Waals surface area contributed by atoms with Gasteiger partial charge in [0.15, 0.2) is 0 Å². The van der Waals surface area contributed by atoms with Crippen molar-refractivity contribution in [1.82, 2.24) is 14.9 Å². The van der Waals surface area contributed by atoms with Gasteiger partial charge in [0, 0.05) is 26.2 Å². The van der Waals surface area contributed by atoms with Crippen molar-refractivity contribution in [3.63, 3.8) is 0 Å². The second-order valence-corrected chi connectivity index (χ2v) is 10.5. The predicted octanol–water partition coefficient (Wildman–Crippen LogP) is 3.09. The van der Waals surface area contributed by atoms with Crippen molar-refractivity contribution in [2.75, 3.05) is 26.2 Å². The van der Waals surface area contributed by atoms with E-state index in [4.69, 9.17) is 4.99 Å². The Kier molecular flexibility index (Phi) is 6.93. The van der Waals surface area contributed by atoms with Crippen molar-refractivity contribution in [2.45, 2.75) is 49.6 Å². The minimum Gasteiger partial charge on any atom is -0.368 e. The minimum absolute atomic E-state index is 0.260. The molecule has 2 aromatic rings. The van der Waals surface area contributed by atoms with Crippen LogP contribution in [0.1, 0.15) is 37.3 Å². The second-order valence-electron chi connectivity index (χ2n) is 8.52. The summed E-state index contributed by atoms with van der Waals surface area (Å²) in [5.74, 6) is 0.581. The van der Waals surface area contributed by atoms with Crippen molar-refractivity contribution in [3.05, 3.63) is 65.5 Å². The van der Waals surface area contributed by atoms with E-state index in [1.165, 1.54) is 12.1 Å². The molecule has 1 fully saturated rings. The largest absolute Gasteiger partial charge is 0.368 e. The van der Waals surface area contributed by atoms with Gasteiger partial charge in [-0.2, -0.15) is 4.31 Å². The first-order chi connectivity index (χ1) is 15.4. The quantitative estimate of drug-likeness (QED) is 0.698. The minimum atomic E-state index is -3.52. The molecule has 1 spiro atoms. The molecule has 2 aliphatic heterocycles. The first kappa shape index (κ1) is 22.9. The fourth-order valence-electron chi connectivity index (χ4n) is 4.54. The van der Waals surface area contributed by atoms with Crippen LogP contribution in [0, 0.1) is 5.82 Å². The molecule has 6 nitrogen and oxygen atoms in total. The Bertz CT molecular complexity index is 1060. The zero-order chi connectivity index (χ0) is 22.6. The fourth-order valence-corrected chi connectivity index (χ4v) is 5.98. The van der Waals surface area contributed by atoms with E-state index < -0.39 is 10.0 Å². The van der Waals surface area contributed by atoms with Crippen LogP contribution < -0.4 is 10.6 Å². The third kappa shape index (κ3) is 4.87. The van der Waals surface area contributed by atoms with Crippen LogP contribution in [0.2, 0.25) is 0 Å². The van der Waals surface area contributed by atoms with Crippen LogP contribution in [0.4, 0.5) is 4.39 Å². The third-order valence-electron chi connectivity index (χ3n) is 6.32. The molecular weight excluding hydrogens is 427 g/mol. The average Bonchev–Trinajstić information content (AvgIpc) is 2.80. The number of aliphatic imine (C=N–C) groups is 1. The molecule has 2 heterocycles. The maximum absolute atomic E-state index is 13.5. The van der Waals surface area contributed by atoms with Crippen LogP contribution >= 0.6 is 0 Å². The maximum Gasteiger partial charge on any atom is 0.243 e. The number of aryl methyl sites for hydroxylation is 1. The number of nitrogens with zero attached hydrogens (tertiary/aromatic N) is 2. The number of piperidine rings is 1. The lowest BCUT2D eigenvalue weighted by Gasteiger charge is -2.44. The Labute approximate surface area is 190 Å². The molecule has 2 N–H and O–H groups in total. The van der Waals surface area contributed by atoms with Gasteiger partial charge in [-0.15, -0.1) is 0 Å². The van der Waals surface area contributed by atoms with E-state index in [1.807, 2.05) is 18.2 Å². The predicted molar refractivity (Wildman–Crippen MR) is 125 cm³/mol. The summed E-state index contributed by atoms with van der Waals surface area (Å²) in [6.07, 6.45) is 3.25. The van der Waals surface area contributed by atoms with Gasteiger partial charge in [-0.3, -0.25) is 4.99 Å². The van der Waals surface area contributed by atoms with Crippen molar-refractivity contribution in [3.8, 4) is 0 Å². The lowest BCUT2D eigenvalue weighted by molar-refractivity contribution is 0.241. The van der Waals surface area contributed by atoms with Gasteiger partial charge in [-0.05, 0) is 54.7 Å². The van der Waals surface area contributed by atoms with Crippen LogP contribution in [0.3, 0.4) is 0 Å². The van der Waals surface area contributed by atoms with Crippen LogP contribution in [-0.2, 0) is 23.0 Å². The van der Waals surface area contributed by atoms with Crippen molar-refractivity contribution < 1.29 is 12.8 Å². The number of sulfonamides is 1. The molecule has 0 aromatic heterocycles. The number of nitrogens with one attached hydrogen (secondary N) is 2. The van der Waals surface area contributed by atoms with E-state index in [-0.39, 0.29) is 11.4 Å². The van der Waals surface area contributed by atoms with Crippen LogP contribution in [0.25, 0.3) is 0 Å². The van der Waals surface area contributed by atoms with Gasteiger partial charge in [-0.25, -0.2) is 12.8 Å². The van der Waals surface area contributed by atoms with Gasteiger partial charge in [0.2, 0.25) is 10.0 Å². The Balaban J connectivity index is 1.43. The molecule has 4 rings (SSSR count). The van der Waals surface area contributed by atoms with E-state index in [1.54, 1.807) is 22.5 Å². The van der Waals surface area contributed by atoms with Gasteiger partial charge >= 0.3 is 0 Å². The summed E-state index contributed by atoms with van der Waals surface area (Å²) in [4.78, 5) is 5.05. The summed E-state index contributed by atoms with van der Waals surface area (Å²) < 4.78 is 41.4. The Morgan fingerprint density at radius 1 is 1.12 bits per heavy atom. The molecule has 0 amide bonds. The Morgan fingerprint density at radius 2 is 1.88 bits per heavy atom. The highest BCUT2D eigenvalue weighted by atomic mass is 32.2. The van der Waals surface area contributed by atoms with E-state index in [9.17, 15) is 12.8 Å². The second kappa shape index (κ2) is 9.68. The van der Waals surface area contributed by atoms with Gasteiger partial charge in [0.1, 0.15) is 11.7 Å². The topological polar surface area (TPSA) is 73.8 Å². The molecular formula is C24H31FN4O2S. The van der Waals surface area contributed by atoms with Gasteiger partial charge in [-0.1, -0.05) is 37.6 Å². The lowest BCUT2D eigenvalue weighted by Crippen LogP contribution is -2.64. The van der Waals surface area contributed by atoms with E-state index in [0.29, 0.717) is 43.9 Å². The van der Waals surface area contributed by atoms with E-state index in [0.717, 1.165) is 36.3 Å². The standard InChI is InChI=1S/C24H31FN4O2S/c1-2-4-19-7-9-22(10-8-19)32(30,31)29-15-11-24(12-16-29)23(26-13-14-28-24)27-18-20-5-3-6-21(25)17-20/h3,5-10,17,28H,2,4,11-16,18H2,1H3,(H,26,27). The van der Waals surface area contributed by atoms with Crippen molar-refractivity contribution >= 4 is 15.9 Å². The zero-order valence-electron chi connectivity index (χ0n) is 18.5. The molecule has 0 atom stereocenters. The molecule has 0 saturated carbocycles. The number of benzene rings is 2. The van der Waals surface area contributed by atoms with E-state index >= 15 is 0 Å². The number of hydrogen-bond donors (Lipinski definition) is 2. The molecule has 0 unspecified atom stereocenters. The van der Waals surface area contributed by atoms with Gasteiger partial charge < -0.3 is 10.6 Å². The lowest BCUT2D eigenvalue weighted by atomic mass is 9.85. The summed E-state index contributed by atoms with van der Waals surface area (Å²) >= 11 is 0. The summed E-state index contributed by atoms with van der Waals surface area (Å²) in [5, 5.41) is 6.96. The number of amidine groups is 1. The zero-order valence-corrected chi connectivity index (χ0v) is 19.3. The molecule has 0 radical (unpaired) electrons. The SMILES string of the molecule is CCCc1ccc(S(=O)(=O)N2CCC3(CC2)NCCN=C3NCc2cccc(F)c2)cc1. The van der Waals surface area contributed by atoms with Crippen molar-refractivity contribution in [1.29, 1.82) is 0 Å².